The zero-order valence-electron chi connectivity index (χ0n) is 9.87. The highest BCUT2D eigenvalue weighted by Crippen LogP contribution is 2.44. The minimum atomic E-state index is 0.0914. The summed E-state index contributed by atoms with van der Waals surface area (Å²) in [5, 5.41) is 6.64. The van der Waals surface area contributed by atoms with Gasteiger partial charge in [-0.15, -0.1) is 0 Å². The lowest BCUT2D eigenvalue weighted by atomic mass is 10.0. The summed E-state index contributed by atoms with van der Waals surface area (Å²) in [6.45, 7) is 1.01. The number of piperidine rings is 1. The molecule has 0 aromatic heterocycles. The molecule has 1 atom stereocenters. The van der Waals surface area contributed by atoms with Gasteiger partial charge in [-0.05, 0) is 56.9 Å². The third-order valence-electron chi connectivity index (χ3n) is 4.20. The van der Waals surface area contributed by atoms with Crippen LogP contribution in [0.5, 0.6) is 0 Å². The van der Waals surface area contributed by atoms with Crippen molar-refractivity contribution in [2.45, 2.75) is 57.0 Å². The predicted octanol–water partition coefficient (Wildman–Crippen LogP) is 1.43. The molecule has 3 aliphatic rings. The highest BCUT2D eigenvalue weighted by Gasteiger charge is 2.42. The van der Waals surface area contributed by atoms with Crippen molar-refractivity contribution < 1.29 is 4.79 Å². The first-order valence-corrected chi connectivity index (χ1v) is 6.88. The van der Waals surface area contributed by atoms with Crippen molar-refractivity contribution in [1.29, 1.82) is 0 Å². The molecular formula is C13H22N2O. The Hall–Kier alpha value is -0.570. The minimum absolute atomic E-state index is 0.0914. The number of carbonyl (C=O) groups is 1. The molecule has 1 saturated heterocycles. The molecule has 3 rings (SSSR count). The molecule has 3 nitrogen and oxygen atoms in total. The van der Waals surface area contributed by atoms with Gasteiger partial charge in [-0.1, -0.05) is 6.42 Å². The lowest BCUT2D eigenvalue weighted by molar-refractivity contribution is -0.124. The summed E-state index contributed by atoms with van der Waals surface area (Å²) in [6.07, 6.45) is 8.77. The largest absolute Gasteiger partial charge is 0.351 e. The quantitative estimate of drug-likeness (QED) is 0.755. The first-order valence-electron chi connectivity index (χ1n) is 6.88. The highest BCUT2D eigenvalue weighted by molar-refractivity contribution is 5.82. The van der Waals surface area contributed by atoms with Crippen LogP contribution in [0.1, 0.15) is 44.9 Å². The second-order valence-electron chi connectivity index (χ2n) is 5.71. The van der Waals surface area contributed by atoms with Gasteiger partial charge >= 0.3 is 0 Å². The number of carbonyl (C=O) groups excluding carboxylic acids is 1. The van der Waals surface area contributed by atoms with E-state index in [2.05, 4.69) is 10.6 Å². The second kappa shape index (κ2) is 4.36. The smallest absolute Gasteiger partial charge is 0.237 e. The molecule has 1 unspecified atom stereocenters. The zero-order valence-corrected chi connectivity index (χ0v) is 9.87. The number of hydrogen-bond donors (Lipinski definition) is 2. The van der Waals surface area contributed by atoms with Crippen LogP contribution in [0.15, 0.2) is 0 Å². The van der Waals surface area contributed by atoms with E-state index in [4.69, 9.17) is 0 Å². The summed E-state index contributed by atoms with van der Waals surface area (Å²) in [7, 11) is 0. The van der Waals surface area contributed by atoms with E-state index in [1.54, 1.807) is 0 Å². The van der Waals surface area contributed by atoms with Gasteiger partial charge in [-0.3, -0.25) is 4.79 Å². The molecule has 0 aromatic rings. The molecular weight excluding hydrogens is 200 g/mol. The highest BCUT2D eigenvalue weighted by atomic mass is 16.2. The van der Waals surface area contributed by atoms with Crippen molar-refractivity contribution in [1.82, 2.24) is 10.6 Å². The van der Waals surface area contributed by atoms with Gasteiger partial charge in [0.2, 0.25) is 5.91 Å². The van der Waals surface area contributed by atoms with E-state index in [-0.39, 0.29) is 11.9 Å². The van der Waals surface area contributed by atoms with Gasteiger partial charge in [0.1, 0.15) is 0 Å². The monoisotopic (exact) mass is 222 g/mol. The Kier molecular flexibility index (Phi) is 2.88. The summed E-state index contributed by atoms with van der Waals surface area (Å²) in [5.74, 6) is 1.88. The summed E-state index contributed by atoms with van der Waals surface area (Å²) in [6, 6.07) is 0.602. The van der Waals surface area contributed by atoms with Crippen molar-refractivity contribution in [3.8, 4) is 0 Å². The predicted molar refractivity (Wildman–Crippen MR) is 63.0 cm³/mol. The molecule has 0 radical (unpaired) electrons. The Bertz CT molecular complexity index is 253. The van der Waals surface area contributed by atoms with Gasteiger partial charge in [0.25, 0.3) is 0 Å². The Morgan fingerprint density at radius 1 is 1.06 bits per heavy atom. The fourth-order valence-corrected chi connectivity index (χ4v) is 2.87. The van der Waals surface area contributed by atoms with Gasteiger partial charge in [0.15, 0.2) is 0 Å². The van der Waals surface area contributed by atoms with Crippen LogP contribution in [0.2, 0.25) is 0 Å². The van der Waals surface area contributed by atoms with E-state index in [9.17, 15) is 4.79 Å². The van der Waals surface area contributed by atoms with Gasteiger partial charge < -0.3 is 10.6 Å². The van der Waals surface area contributed by atoms with Crippen LogP contribution in [0.4, 0.5) is 0 Å². The van der Waals surface area contributed by atoms with Crippen molar-refractivity contribution in [2.75, 3.05) is 6.54 Å². The van der Waals surface area contributed by atoms with E-state index in [1.165, 1.54) is 38.5 Å². The number of rotatable bonds is 4. The maximum absolute atomic E-state index is 12.1. The molecule has 0 aromatic carbocycles. The van der Waals surface area contributed by atoms with Crippen LogP contribution >= 0.6 is 0 Å². The van der Waals surface area contributed by atoms with E-state index >= 15 is 0 Å². The fourth-order valence-electron chi connectivity index (χ4n) is 2.87. The molecule has 3 fully saturated rings. The normalized spacial score (nSPS) is 30.4. The third kappa shape index (κ3) is 2.40. The maximum atomic E-state index is 12.1. The van der Waals surface area contributed by atoms with Crippen molar-refractivity contribution >= 4 is 5.91 Å². The Morgan fingerprint density at radius 3 is 2.25 bits per heavy atom. The maximum Gasteiger partial charge on any atom is 0.237 e. The average Bonchev–Trinajstić information content (AvgIpc) is 3.19. The number of nitrogens with one attached hydrogen (secondary N) is 2. The van der Waals surface area contributed by atoms with Crippen LogP contribution in [0.3, 0.4) is 0 Å². The zero-order chi connectivity index (χ0) is 11.0. The molecule has 1 heterocycles. The standard InChI is InChI=1S/C13H22N2O/c16-13(11-3-1-2-8-14-11)15-12(9-4-5-9)10-6-7-10/h9-12,14H,1-8H2,(H,15,16). The van der Waals surface area contributed by atoms with Gasteiger partial charge in [0.05, 0.1) is 6.04 Å². The second-order valence-corrected chi connectivity index (χ2v) is 5.71. The van der Waals surface area contributed by atoms with Gasteiger partial charge in [0, 0.05) is 6.04 Å². The summed E-state index contributed by atoms with van der Waals surface area (Å²) in [5.41, 5.74) is 0. The topological polar surface area (TPSA) is 41.1 Å². The first-order chi connectivity index (χ1) is 7.84. The molecule has 2 saturated carbocycles. The summed E-state index contributed by atoms with van der Waals surface area (Å²) in [4.78, 5) is 12.1. The van der Waals surface area contributed by atoms with Crippen molar-refractivity contribution in [2.24, 2.45) is 11.8 Å². The molecule has 2 aliphatic carbocycles. The van der Waals surface area contributed by atoms with Gasteiger partial charge in [-0.2, -0.15) is 0 Å². The minimum Gasteiger partial charge on any atom is -0.351 e. The van der Waals surface area contributed by atoms with E-state index < -0.39 is 0 Å². The van der Waals surface area contributed by atoms with E-state index in [0.29, 0.717) is 6.04 Å². The van der Waals surface area contributed by atoms with Crippen molar-refractivity contribution in [3.63, 3.8) is 0 Å². The Labute approximate surface area is 97.4 Å². The number of hydrogen-bond acceptors (Lipinski definition) is 2. The molecule has 16 heavy (non-hydrogen) atoms. The average molecular weight is 222 g/mol. The Balaban J connectivity index is 1.53. The summed E-state index contributed by atoms with van der Waals surface area (Å²) >= 11 is 0. The molecule has 0 spiro atoms. The van der Waals surface area contributed by atoms with E-state index in [1.807, 2.05) is 0 Å². The van der Waals surface area contributed by atoms with E-state index in [0.717, 1.165) is 24.8 Å². The fraction of sp³-hybridized carbons (Fsp3) is 0.923. The molecule has 3 heteroatoms. The lowest BCUT2D eigenvalue weighted by Gasteiger charge is -2.26. The molecule has 0 bridgehead atoms. The summed E-state index contributed by atoms with van der Waals surface area (Å²) < 4.78 is 0. The van der Waals surface area contributed by atoms with Crippen LogP contribution < -0.4 is 10.6 Å². The molecule has 90 valence electrons. The molecule has 1 aliphatic heterocycles. The van der Waals surface area contributed by atoms with Crippen LogP contribution in [-0.2, 0) is 4.79 Å². The lowest BCUT2D eigenvalue weighted by Crippen LogP contribution is -2.50. The van der Waals surface area contributed by atoms with Crippen LogP contribution in [0, 0.1) is 11.8 Å². The van der Waals surface area contributed by atoms with Crippen LogP contribution in [0.25, 0.3) is 0 Å². The van der Waals surface area contributed by atoms with Gasteiger partial charge in [-0.25, -0.2) is 0 Å². The van der Waals surface area contributed by atoms with Crippen molar-refractivity contribution in [3.05, 3.63) is 0 Å². The first kappa shape index (κ1) is 10.6. The number of amides is 1. The SMILES string of the molecule is O=C(NC(C1CC1)C1CC1)C1CCCCN1. The Morgan fingerprint density at radius 2 is 1.75 bits per heavy atom. The third-order valence-corrected chi connectivity index (χ3v) is 4.20. The molecule has 2 N–H and O–H groups in total. The van der Waals surface area contributed by atoms with Crippen LogP contribution in [-0.4, -0.2) is 24.5 Å². The molecule has 1 amide bonds.